The molecule has 1 atom stereocenters. The number of para-hydroxylation sites is 1. The number of unbranched alkanes of at least 4 members (excludes halogenated alkanes) is 1. The van der Waals surface area contributed by atoms with Gasteiger partial charge in [-0.05, 0) is 79.3 Å². The van der Waals surface area contributed by atoms with Crippen molar-refractivity contribution < 1.29 is 9.47 Å². The number of hydrogen-bond acceptors (Lipinski definition) is 4. The van der Waals surface area contributed by atoms with Crippen LogP contribution >= 0.6 is 0 Å². The van der Waals surface area contributed by atoms with Gasteiger partial charge in [0.25, 0.3) is 5.56 Å². The van der Waals surface area contributed by atoms with Crippen LogP contribution < -0.4 is 15.0 Å². The molecule has 4 aromatic rings. The van der Waals surface area contributed by atoms with E-state index < -0.39 is 0 Å². The molecule has 0 saturated carbocycles. The number of nitrogens with zero attached hydrogens (tertiary/aromatic N) is 2. The summed E-state index contributed by atoms with van der Waals surface area (Å²) in [7, 11) is 1.64. The minimum absolute atomic E-state index is 0.0158. The van der Waals surface area contributed by atoms with Crippen molar-refractivity contribution in [3.63, 3.8) is 0 Å². The van der Waals surface area contributed by atoms with Crippen molar-refractivity contribution in [3.8, 4) is 22.9 Å². The monoisotopic (exact) mass is 456 g/mol. The van der Waals surface area contributed by atoms with Gasteiger partial charge < -0.3 is 9.47 Å². The maximum atomic E-state index is 13.3. The smallest absolute Gasteiger partial charge is 0.261 e. The number of hydrogen-bond donors (Lipinski definition) is 0. The van der Waals surface area contributed by atoms with Crippen LogP contribution in [0.1, 0.15) is 44.6 Å². The molecule has 0 bridgehead atoms. The Bertz CT molecular complexity index is 1280. The maximum absolute atomic E-state index is 13.3. The number of rotatable bonds is 10. The zero-order valence-electron chi connectivity index (χ0n) is 20.2. The number of ether oxygens (including phenoxy) is 2. The fraction of sp³-hybridized carbons (Fsp3) is 0.310. The fourth-order valence-corrected chi connectivity index (χ4v) is 4.03. The highest BCUT2D eigenvalue weighted by Crippen LogP contribution is 2.23. The Morgan fingerprint density at radius 3 is 2.32 bits per heavy atom. The molecule has 0 aliphatic rings. The summed E-state index contributed by atoms with van der Waals surface area (Å²) in [6, 6.07) is 23.5. The van der Waals surface area contributed by atoms with Crippen LogP contribution in [0.15, 0.2) is 77.6 Å². The first kappa shape index (κ1) is 23.6. The second-order valence-corrected chi connectivity index (χ2v) is 8.57. The molecular formula is C29H32N2O3. The standard InChI is InChI=1S/C29H32N2O3/c1-4-21(2)22-11-17-25(18-12-22)34-20-8-7-19-31-28(23-13-15-24(33-3)16-14-23)30-27-10-6-5-9-26(27)29(31)32/h5-6,9-18,21H,4,7-8,19-20H2,1-3H3/t21-/m0/s1. The van der Waals surface area contributed by atoms with Crippen LogP contribution in [0.3, 0.4) is 0 Å². The van der Waals surface area contributed by atoms with E-state index in [4.69, 9.17) is 14.5 Å². The molecule has 176 valence electrons. The molecule has 0 aliphatic carbocycles. The van der Waals surface area contributed by atoms with Gasteiger partial charge >= 0.3 is 0 Å². The third-order valence-corrected chi connectivity index (χ3v) is 6.32. The van der Waals surface area contributed by atoms with Gasteiger partial charge in [0, 0.05) is 12.1 Å². The van der Waals surface area contributed by atoms with Crippen molar-refractivity contribution in [3.05, 3.63) is 88.7 Å². The lowest BCUT2D eigenvalue weighted by Gasteiger charge is -2.14. The molecule has 5 nitrogen and oxygen atoms in total. The van der Waals surface area contributed by atoms with E-state index in [1.807, 2.05) is 60.7 Å². The lowest BCUT2D eigenvalue weighted by atomic mass is 9.99. The fourth-order valence-electron chi connectivity index (χ4n) is 4.03. The summed E-state index contributed by atoms with van der Waals surface area (Å²) < 4.78 is 13.0. The van der Waals surface area contributed by atoms with Gasteiger partial charge in [-0.3, -0.25) is 9.36 Å². The van der Waals surface area contributed by atoms with Crippen LogP contribution in [-0.2, 0) is 6.54 Å². The molecule has 4 rings (SSSR count). The highest BCUT2D eigenvalue weighted by atomic mass is 16.5. The predicted octanol–water partition coefficient (Wildman–Crippen LogP) is 6.44. The minimum atomic E-state index is -0.0158. The highest BCUT2D eigenvalue weighted by molar-refractivity contribution is 5.79. The van der Waals surface area contributed by atoms with Crippen molar-refractivity contribution in [2.45, 2.75) is 45.6 Å². The first-order valence-corrected chi connectivity index (χ1v) is 12.0. The lowest BCUT2D eigenvalue weighted by Crippen LogP contribution is -2.24. The lowest BCUT2D eigenvalue weighted by molar-refractivity contribution is 0.303. The van der Waals surface area contributed by atoms with E-state index in [1.54, 1.807) is 11.7 Å². The van der Waals surface area contributed by atoms with Crippen LogP contribution in [0.2, 0.25) is 0 Å². The Hall–Kier alpha value is -3.60. The van der Waals surface area contributed by atoms with Gasteiger partial charge in [0.15, 0.2) is 0 Å². The summed E-state index contributed by atoms with van der Waals surface area (Å²) in [6.07, 6.45) is 2.78. The van der Waals surface area contributed by atoms with E-state index in [0.717, 1.165) is 36.3 Å². The molecule has 0 unspecified atom stereocenters. The Labute approximate surface area is 201 Å². The minimum Gasteiger partial charge on any atom is -0.497 e. The van der Waals surface area contributed by atoms with Crippen molar-refractivity contribution in [1.82, 2.24) is 9.55 Å². The Balaban J connectivity index is 1.46. The van der Waals surface area contributed by atoms with Gasteiger partial charge in [-0.2, -0.15) is 0 Å². The molecule has 0 aliphatic heterocycles. The zero-order chi connectivity index (χ0) is 23.9. The van der Waals surface area contributed by atoms with Crippen molar-refractivity contribution >= 4 is 10.9 Å². The quantitative estimate of drug-likeness (QED) is 0.258. The van der Waals surface area contributed by atoms with E-state index in [2.05, 4.69) is 26.0 Å². The summed E-state index contributed by atoms with van der Waals surface area (Å²) in [4.78, 5) is 18.1. The Morgan fingerprint density at radius 2 is 1.62 bits per heavy atom. The number of benzene rings is 3. The van der Waals surface area contributed by atoms with E-state index in [0.29, 0.717) is 35.8 Å². The van der Waals surface area contributed by atoms with E-state index in [9.17, 15) is 4.79 Å². The topological polar surface area (TPSA) is 53.4 Å². The van der Waals surface area contributed by atoms with Gasteiger partial charge in [0.1, 0.15) is 17.3 Å². The van der Waals surface area contributed by atoms with Crippen molar-refractivity contribution in [2.24, 2.45) is 0 Å². The average Bonchev–Trinajstić information content (AvgIpc) is 2.89. The molecule has 0 spiro atoms. The normalized spacial score (nSPS) is 12.0. The van der Waals surface area contributed by atoms with Crippen LogP contribution in [0.5, 0.6) is 11.5 Å². The summed E-state index contributed by atoms with van der Waals surface area (Å²) in [5.41, 5.74) is 2.92. The molecule has 0 N–H and O–H groups in total. The third kappa shape index (κ3) is 5.30. The van der Waals surface area contributed by atoms with Crippen LogP contribution in [0.4, 0.5) is 0 Å². The number of aromatic nitrogens is 2. The van der Waals surface area contributed by atoms with E-state index in [-0.39, 0.29) is 5.56 Å². The molecule has 34 heavy (non-hydrogen) atoms. The Morgan fingerprint density at radius 1 is 0.912 bits per heavy atom. The van der Waals surface area contributed by atoms with Gasteiger partial charge in [0.05, 0.1) is 24.6 Å². The first-order valence-electron chi connectivity index (χ1n) is 12.0. The predicted molar refractivity (Wildman–Crippen MR) is 138 cm³/mol. The largest absolute Gasteiger partial charge is 0.497 e. The molecule has 1 aromatic heterocycles. The second kappa shape index (κ2) is 11.0. The first-order chi connectivity index (χ1) is 16.6. The molecule has 0 radical (unpaired) electrons. The molecule has 0 saturated heterocycles. The van der Waals surface area contributed by atoms with E-state index >= 15 is 0 Å². The molecular weight excluding hydrogens is 424 g/mol. The summed E-state index contributed by atoms with van der Waals surface area (Å²) in [5.74, 6) is 2.89. The second-order valence-electron chi connectivity index (χ2n) is 8.57. The SMILES string of the molecule is CC[C@H](C)c1ccc(OCCCCn2c(-c3ccc(OC)cc3)nc3ccccc3c2=O)cc1. The van der Waals surface area contributed by atoms with Crippen LogP contribution in [-0.4, -0.2) is 23.3 Å². The molecule has 3 aromatic carbocycles. The third-order valence-electron chi connectivity index (χ3n) is 6.32. The van der Waals surface area contributed by atoms with Gasteiger partial charge in [-0.15, -0.1) is 0 Å². The summed E-state index contributed by atoms with van der Waals surface area (Å²) in [6.45, 7) is 5.62. The van der Waals surface area contributed by atoms with Gasteiger partial charge in [-0.1, -0.05) is 38.1 Å². The van der Waals surface area contributed by atoms with Crippen molar-refractivity contribution in [2.75, 3.05) is 13.7 Å². The van der Waals surface area contributed by atoms with Crippen molar-refractivity contribution in [1.29, 1.82) is 0 Å². The summed E-state index contributed by atoms with van der Waals surface area (Å²) in [5, 5.41) is 0.636. The zero-order valence-corrected chi connectivity index (χ0v) is 20.2. The van der Waals surface area contributed by atoms with Gasteiger partial charge in [-0.25, -0.2) is 4.98 Å². The van der Waals surface area contributed by atoms with Crippen LogP contribution in [0.25, 0.3) is 22.3 Å². The maximum Gasteiger partial charge on any atom is 0.261 e. The number of fused-ring (bicyclic) bond motifs is 1. The highest BCUT2D eigenvalue weighted by Gasteiger charge is 2.13. The average molecular weight is 457 g/mol. The summed E-state index contributed by atoms with van der Waals surface area (Å²) >= 11 is 0. The molecule has 5 heteroatoms. The molecule has 0 fully saturated rings. The van der Waals surface area contributed by atoms with E-state index in [1.165, 1.54) is 5.56 Å². The van der Waals surface area contributed by atoms with Crippen LogP contribution in [0, 0.1) is 0 Å². The molecule has 1 heterocycles. The number of methoxy groups -OCH3 is 1. The molecule has 0 amide bonds. The van der Waals surface area contributed by atoms with Gasteiger partial charge in [0.2, 0.25) is 0 Å². The Kier molecular flexibility index (Phi) is 7.63.